The number of nitrogens with zero attached hydrogens (tertiary/aromatic N) is 2. The zero-order valence-electron chi connectivity index (χ0n) is 10.9. The van der Waals surface area contributed by atoms with Crippen LogP contribution in [0.5, 0.6) is 0 Å². The number of hydrogen-bond donors (Lipinski definition) is 1. The molecular weight excluding hydrogens is 232 g/mol. The summed E-state index contributed by atoms with van der Waals surface area (Å²) in [6, 6.07) is 1.54. The average Bonchev–Trinajstić information content (AvgIpc) is 2.33. The Morgan fingerprint density at radius 3 is 3.06 bits per heavy atom. The molecule has 0 radical (unpaired) electrons. The molecule has 100 valence electrons. The zero-order chi connectivity index (χ0) is 13.1. The number of hydrogen-bond acceptors (Lipinski definition) is 4. The molecule has 1 N–H and O–H groups in total. The van der Waals surface area contributed by atoms with Gasteiger partial charge in [-0.3, -0.25) is 9.48 Å². The fourth-order valence-electron chi connectivity index (χ4n) is 2.42. The molecule has 0 aromatic carbocycles. The highest BCUT2D eigenvalue weighted by Gasteiger charge is 2.20. The van der Waals surface area contributed by atoms with Gasteiger partial charge in [-0.2, -0.15) is 5.10 Å². The normalized spacial score (nSPS) is 24.2. The number of aliphatic hydroxyl groups excluding tert-OH is 1. The smallest absolute Gasteiger partial charge is 0.206 e. The van der Waals surface area contributed by atoms with Crippen molar-refractivity contribution in [3.63, 3.8) is 0 Å². The van der Waals surface area contributed by atoms with Crippen LogP contribution in [-0.4, -0.2) is 27.6 Å². The largest absolute Gasteiger partial charge is 0.390 e. The Bertz CT molecular complexity index is 470. The maximum atomic E-state index is 11.5. The van der Waals surface area contributed by atoms with Crippen molar-refractivity contribution < 1.29 is 9.84 Å². The van der Waals surface area contributed by atoms with E-state index in [9.17, 15) is 4.79 Å². The summed E-state index contributed by atoms with van der Waals surface area (Å²) < 4.78 is 7.35. The van der Waals surface area contributed by atoms with Gasteiger partial charge in [0.1, 0.15) is 5.69 Å². The molecule has 1 saturated heterocycles. The SMILES string of the molecule is Cc1cc(=O)c(CO)nn1CC1CCOC(C)C1. The van der Waals surface area contributed by atoms with Gasteiger partial charge in [0.05, 0.1) is 12.7 Å². The highest BCUT2D eigenvalue weighted by atomic mass is 16.5. The number of aryl methyl sites for hydroxylation is 1. The molecule has 5 heteroatoms. The minimum atomic E-state index is -0.302. The highest BCUT2D eigenvalue weighted by Crippen LogP contribution is 2.21. The summed E-state index contributed by atoms with van der Waals surface area (Å²) in [5, 5.41) is 13.3. The monoisotopic (exact) mass is 252 g/mol. The standard InChI is InChI=1S/C13H20N2O3/c1-9-5-13(17)12(8-16)14-15(9)7-11-3-4-18-10(2)6-11/h5,10-11,16H,3-4,6-8H2,1-2H3. The first kappa shape index (κ1) is 13.2. The van der Waals surface area contributed by atoms with Crippen LogP contribution in [0.3, 0.4) is 0 Å². The molecule has 0 bridgehead atoms. The fourth-order valence-corrected chi connectivity index (χ4v) is 2.42. The van der Waals surface area contributed by atoms with Crippen molar-refractivity contribution in [1.29, 1.82) is 0 Å². The predicted molar refractivity (Wildman–Crippen MR) is 67.3 cm³/mol. The molecule has 0 aliphatic carbocycles. The lowest BCUT2D eigenvalue weighted by Gasteiger charge is -2.28. The van der Waals surface area contributed by atoms with Crippen molar-refractivity contribution in [3.8, 4) is 0 Å². The van der Waals surface area contributed by atoms with E-state index < -0.39 is 0 Å². The van der Waals surface area contributed by atoms with Gasteiger partial charge in [0.2, 0.25) is 5.43 Å². The summed E-state index contributed by atoms with van der Waals surface area (Å²) in [6.45, 7) is 5.23. The summed E-state index contributed by atoms with van der Waals surface area (Å²) >= 11 is 0. The first-order valence-corrected chi connectivity index (χ1v) is 6.40. The highest BCUT2D eigenvalue weighted by molar-refractivity contribution is 5.07. The first-order chi connectivity index (χ1) is 8.60. The van der Waals surface area contributed by atoms with Crippen LogP contribution < -0.4 is 5.43 Å². The van der Waals surface area contributed by atoms with Gasteiger partial charge in [-0.25, -0.2) is 0 Å². The van der Waals surface area contributed by atoms with Crippen LogP contribution in [0.1, 0.15) is 31.2 Å². The Hall–Kier alpha value is -1.20. The third-order valence-corrected chi connectivity index (χ3v) is 3.45. The molecule has 2 heterocycles. The second-order valence-electron chi connectivity index (χ2n) is 5.01. The van der Waals surface area contributed by atoms with Crippen molar-refractivity contribution in [1.82, 2.24) is 9.78 Å². The third kappa shape index (κ3) is 2.97. The van der Waals surface area contributed by atoms with Gasteiger partial charge in [0, 0.05) is 24.9 Å². The molecule has 18 heavy (non-hydrogen) atoms. The molecule has 1 aliphatic rings. The van der Waals surface area contributed by atoms with E-state index in [0.29, 0.717) is 12.0 Å². The molecule has 2 atom stereocenters. The third-order valence-electron chi connectivity index (χ3n) is 3.45. The van der Waals surface area contributed by atoms with Crippen LogP contribution in [0.15, 0.2) is 10.9 Å². The van der Waals surface area contributed by atoms with E-state index in [0.717, 1.165) is 31.7 Å². The summed E-state index contributed by atoms with van der Waals surface area (Å²) in [5.41, 5.74) is 0.878. The van der Waals surface area contributed by atoms with Crippen LogP contribution in [0.2, 0.25) is 0 Å². The van der Waals surface area contributed by atoms with Crippen molar-refractivity contribution >= 4 is 0 Å². The number of ether oxygens (including phenoxy) is 1. The van der Waals surface area contributed by atoms with Gasteiger partial charge in [-0.15, -0.1) is 0 Å². The fraction of sp³-hybridized carbons (Fsp3) is 0.692. The van der Waals surface area contributed by atoms with Crippen molar-refractivity contribution in [2.45, 2.75) is 45.9 Å². The lowest BCUT2D eigenvalue weighted by atomic mass is 9.96. The Labute approximate surface area is 106 Å². The Morgan fingerprint density at radius 1 is 1.61 bits per heavy atom. The van der Waals surface area contributed by atoms with E-state index >= 15 is 0 Å². The maximum Gasteiger partial charge on any atom is 0.206 e. The molecular formula is C13H20N2O3. The summed E-state index contributed by atoms with van der Waals surface area (Å²) in [5.74, 6) is 0.522. The van der Waals surface area contributed by atoms with Crippen LogP contribution in [-0.2, 0) is 17.9 Å². The molecule has 5 nitrogen and oxygen atoms in total. The van der Waals surface area contributed by atoms with Gasteiger partial charge in [-0.1, -0.05) is 0 Å². The topological polar surface area (TPSA) is 64.3 Å². The number of aromatic nitrogens is 2. The van der Waals surface area contributed by atoms with E-state index in [-0.39, 0.29) is 17.7 Å². The minimum absolute atomic E-state index is 0.188. The summed E-state index contributed by atoms with van der Waals surface area (Å²) in [6.07, 6.45) is 2.33. The molecule has 1 fully saturated rings. The van der Waals surface area contributed by atoms with Gasteiger partial charge in [-0.05, 0) is 32.6 Å². The lowest BCUT2D eigenvalue weighted by Crippen LogP contribution is -2.29. The zero-order valence-corrected chi connectivity index (χ0v) is 10.9. The molecule has 0 amide bonds. The first-order valence-electron chi connectivity index (χ1n) is 6.40. The van der Waals surface area contributed by atoms with E-state index in [1.165, 1.54) is 0 Å². The van der Waals surface area contributed by atoms with Crippen molar-refractivity contribution in [2.24, 2.45) is 5.92 Å². The molecule has 1 aliphatic heterocycles. The van der Waals surface area contributed by atoms with E-state index in [4.69, 9.17) is 9.84 Å². The summed E-state index contributed by atoms with van der Waals surface area (Å²) in [4.78, 5) is 11.5. The molecule has 2 rings (SSSR count). The number of rotatable bonds is 3. The average molecular weight is 252 g/mol. The van der Waals surface area contributed by atoms with Crippen LogP contribution in [0.4, 0.5) is 0 Å². The van der Waals surface area contributed by atoms with Crippen molar-refractivity contribution in [2.75, 3.05) is 6.61 Å². The molecule has 1 aromatic rings. The Morgan fingerprint density at radius 2 is 2.39 bits per heavy atom. The summed E-state index contributed by atoms with van der Waals surface area (Å²) in [7, 11) is 0. The number of aliphatic hydroxyl groups is 1. The van der Waals surface area contributed by atoms with E-state index in [1.54, 1.807) is 6.07 Å². The Balaban J connectivity index is 2.15. The lowest BCUT2D eigenvalue weighted by molar-refractivity contribution is -0.00210. The van der Waals surface area contributed by atoms with Gasteiger partial charge >= 0.3 is 0 Å². The second kappa shape index (κ2) is 5.63. The van der Waals surface area contributed by atoms with E-state index in [1.807, 2.05) is 11.6 Å². The second-order valence-corrected chi connectivity index (χ2v) is 5.01. The molecule has 0 spiro atoms. The molecule has 2 unspecified atom stereocenters. The van der Waals surface area contributed by atoms with E-state index in [2.05, 4.69) is 12.0 Å². The molecule has 0 saturated carbocycles. The molecule has 1 aromatic heterocycles. The Kier molecular flexibility index (Phi) is 4.14. The van der Waals surface area contributed by atoms with Crippen molar-refractivity contribution in [3.05, 3.63) is 27.7 Å². The van der Waals surface area contributed by atoms with Crippen LogP contribution in [0.25, 0.3) is 0 Å². The quantitative estimate of drug-likeness (QED) is 0.866. The van der Waals surface area contributed by atoms with Gasteiger partial charge in [0.25, 0.3) is 0 Å². The van der Waals surface area contributed by atoms with Gasteiger partial charge < -0.3 is 9.84 Å². The predicted octanol–water partition coefficient (Wildman–Crippen LogP) is 0.859. The maximum absolute atomic E-state index is 11.5. The van der Waals surface area contributed by atoms with Crippen LogP contribution >= 0.6 is 0 Å². The minimum Gasteiger partial charge on any atom is -0.390 e. The van der Waals surface area contributed by atoms with Gasteiger partial charge in [0.15, 0.2) is 0 Å². The van der Waals surface area contributed by atoms with Crippen LogP contribution in [0, 0.1) is 12.8 Å².